The fraction of sp³-hybridized carbons (Fsp3) is 0.263. The first-order valence-electron chi connectivity index (χ1n) is 8.28. The van der Waals surface area contributed by atoms with Crippen LogP contribution in [-0.2, 0) is 9.59 Å². The van der Waals surface area contributed by atoms with Gasteiger partial charge < -0.3 is 14.8 Å². The van der Waals surface area contributed by atoms with Gasteiger partial charge in [0.1, 0.15) is 18.0 Å². The number of amides is 2. The zero-order valence-corrected chi connectivity index (χ0v) is 15.2. The molecule has 6 nitrogen and oxygen atoms in total. The fourth-order valence-corrected chi connectivity index (χ4v) is 2.85. The van der Waals surface area contributed by atoms with E-state index in [-0.39, 0.29) is 18.4 Å². The van der Waals surface area contributed by atoms with Crippen LogP contribution in [0.1, 0.15) is 13.8 Å². The molecule has 0 aromatic heterocycles. The Kier molecular flexibility index (Phi) is 5.32. The maximum atomic E-state index is 12.5. The van der Waals surface area contributed by atoms with E-state index in [0.717, 1.165) is 5.75 Å². The quantitative estimate of drug-likeness (QED) is 0.869. The lowest BCUT2D eigenvalue weighted by molar-refractivity contribution is -0.127. The van der Waals surface area contributed by atoms with Gasteiger partial charge in [-0.15, -0.1) is 0 Å². The minimum absolute atomic E-state index is 0.132. The van der Waals surface area contributed by atoms with Crippen LogP contribution < -0.4 is 19.7 Å². The van der Waals surface area contributed by atoms with Gasteiger partial charge in [0, 0.05) is 10.7 Å². The van der Waals surface area contributed by atoms with Gasteiger partial charge in [0.05, 0.1) is 12.3 Å². The van der Waals surface area contributed by atoms with Crippen molar-refractivity contribution in [2.75, 3.05) is 23.4 Å². The van der Waals surface area contributed by atoms with Crippen LogP contribution in [0.3, 0.4) is 0 Å². The van der Waals surface area contributed by atoms with Crippen molar-refractivity contribution in [3.63, 3.8) is 0 Å². The van der Waals surface area contributed by atoms with Crippen LogP contribution in [0.25, 0.3) is 0 Å². The van der Waals surface area contributed by atoms with Crippen LogP contribution in [0.5, 0.6) is 11.5 Å². The number of benzene rings is 2. The van der Waals surface area contributed by atoms with Crippen molar-refractivity contribution in [1.29, 1.82) is 0 Å². The predicted octanol–water partition coefficient (Wildman–Crippen LogP) is 3.49. The van der Waals surface area contributed by atoms with Crippen molar-refractivity contribution < 1.29 is 19.1 Å². The van der Waals surface area contributed by atoms with E-state index >= 15 is 0 Å². The van der Waals surface area contributed by atoms with Gasteiger partial charge in [-0.05, 0) is 56.3 Å². The molecule has 0 radical (unpaired) electrons. The number of halogens is 1. The van der Waals surface area contributed by atoms with Crippen LogP contribution in [0.15, 0.2) is 42.5 Å². The average Bonchev–Trinajstić information content (AvgIpc) is 2.61. The number of hydrogen-bond donors (Lipinski definition) is 1. The zero-order chi connectivity index (χ0) is 18.7. The van der Waals surface area contributed by atoms with E-state index in [1.54, 1.807) is 49.4 Å². The first-order valence-corrected chi connectivity index (χ1v) is 8.66. The molecule has 1 N–H and O–H groups in total. The molecule has 0 spiro atoms. The molecule has 1 aliphatic rings. The van der Waals surface area contributed by atoms with Crippen molar-refractivity contribution >= 4 is 34.8 Å². The Balaban J connectivity index is 1.74. The number of nitrogens with one attached hydrogen (secondary N) is 1. The molecule has 3 rings (SSSR count). The molecule has 0 bridgehead atoms. The zero-order valence-electron chi connectivity index (χ0n) is 14.5. The molecule has 0 aliphatic carbocycles. The predicted molar refractivity (Wildman–Crippen MR) is 100 cm³/mol. The number of nitrogens with zero attached hydrogens (tertiary/aromatic N) is 1. The van der Waals surface area contributed by atoms with Crippen LogP contribution >= 0.6 is 11.6 Å². The highest BCUT2D eigenvalue weighted by molar-refractivity contribution is 6.31. The normalized spacial score (nSPS) is 15.9. The maximum Gasteiger partial charge on any atom is 0.268 e. The summed E-state index contributed by atoms with van der Waals surface area (Å²) in [6, 6.07) is 12.0. The van der Waals surface area contributed by atoms with Crippen molar-refractivity contribution in [2.45, 2.75) is 20.0 Å². The number of rotatable bonds is 5. The van der Waals surface area contributed by atoms with Crippen LogP contribution in [-0.4, -0.2) is 31.1 Å². The Hall–Kier alpha value is -2.73. The molecule has 26 heavy (non-hydrogen) atoms. The molecule has 2 amide bonds. The second-order valence-corrected chi connectivity index (χ2v) is 6.24. The summed E-state index contributed by atoms with van der Waals surface area (Å²) in [6.07, 6.45) is -0.665. The van der Waals surface area contributed by atoms with E-state index in [1.165, 1.54) is 4.90 Å². The van der Waals surface area contributed by atoms with Crippen molar-refractivity contribution in [2.24, 2.45) is 0 Å². The van der Waals surface area contributed by atoms with E-state index in [0.29, 0.717) is 28.8 Å². The van der Waals surface area contributed by atoms with Crippen LogP contribution in [0, 0.1) is 0 Å². The average molecular weight is 375 g/mol. The van der Waals surface area contributed by atoms with Crippen molar-refractivity contribution in [1.82, 2.24) is 0 Å². The minimum Gasteiger partial charge on any atom is -0.494 e. The molecule has 2 aromatic carbocycles. The summed E-state index contributed by atoms with van der Waals surface area (Å²) in [5.41, 5.74) is 1.11. The van der Waals surface area contributed by atoms with Crippen molar-refractivity contribution in [3.8, 4) is 11.5 Å². The molecule has 1 atom stereocenters. The number of ether oxygens (including phenoxy) is 2. The summed E-state index contributed by atoms with van der Waals surface area (Å²) in [6.45, 7) is 4.00. The molecule has 0 fully saturated rings. The first-order chi connectivity index (χ1) is 12.5. The molecular formula is C19H19ClN2O4. The first kappa shape index (κ1) is 18.1. The van der Waals surface area contributed by atoms with Gasteiger partial charge >= 0.3 is 0 Å². The Morgan fingerprint density at radius 1 is 1.27 bits per heavy atom. The summed E-state index contributed by atoms with van der Waals surface area (Å²) in [7, 11) is 0. The second kappa shape index (κ2) is 7.66. The van der Waals surface area contributed by atoms with E-state index < -0.39 is 6.10 Å². The number of anilines is 2. The Bertz CT molecular complexity index is 823. The molecular weight excluding hydrogens is 356 g/mol. The van der Waals surface area contributed by atoms with Crippen molar-refractivity contribution in [3.05, 3.63) is 47.5 Å². The summed E-state index contributed by atoms with van der Waals surface area (Å²) < 4.78 is 10.9. The molecule has 2 aromatic rings. The Labute approximate surface area is 156 Å². The lowest BCUT2D eigenvalue weighted by Crippen LogP contribution is -2.47. The third-order valence-corrected chi connectivity index (χ3v) is 4.12. The number of hydrogen-bond acceptors (Lipinski definition) is 4. The largest absolute Gasteiger partial charge is 0.494 e. The lowest BCUT2D eigenvalue weighted by atomic mass is 10.2. The van der Waals surface area contributed by atoms with E-state index in [4.69, 9.17) is 21.1 Å². The van der Waals surface area contributed by atoms with Gasteiger partial charge in [0.25, 0.3) is 5.91 Å². The van der Waals surface area contributed by atoms with E-state index in [1.807, 2.05) is 6.92 Å². The molecule has 1 aliphatic heterocycles. The third kappa shape index (κ3) is 3.91. The summed E-state index contributed by atoms with van der Waals surface area (Å²) >= 11 is 6.03. The lowest BCUT2D eigenvalue weighted by Gasteiger charge is -2.32. The summed E-state index contributed by atoms with van der Waals surface area (Å²) in [5, 5.41) is 3.24. The summed E-state index contributed by atoms with van der Waals surface area (Å²) in [4.78, 5) is 26.3. The highest BCUT2D eigenvalue weighted by atomic mass is 35.5. The summed E-state index contributed by atoms with van der Waals surface area (Å²) in [5.74, 6) is 0.644. The maximum absolute atomic E-state index is 12.5. The van der Waals surface area contributed by atoms with Gasteiger partial charge in [-0.2, -0.15) is 0 Å². The molecule has 1 unspecified atom stereocenters. The van der Waals surface area contributed by atoms with Gasteiger partial charge in [0.2, 0.25) is 5.91 Å². The topological polar surface area (TPSA) is 67.9 Å². The SMILES string of the molecule is CCOc1ccc(NC(=O)CN2C(=O)C(C)Oc3ccc(Cl)cc32)cc1. The van der Waals surface area contributed by atoms with Crippen LogP contribution in [0.4, 0.5) is 11.4 Å². The number of carbonyl (C=O) groups excluding carboxylic acids is 2. The molecule has 1 heterocycles. The fourth-order valence-electron chi connectivity index (χ4n) is 2.69. The molecule has 7 heteroatoms. The molecule has 0 saturated carbocycles. The third-order valence-electron chi connectivity index (χ3n) is 3.88. The Morgan fingerprint density at radius 3 is 2.69 bits per heavy atom. The molecule has 0 saturated heterocycles. The highest BCUT2D eigenvalue weighted by Crippen LogP contribution is 2.36. The smallest absolute Gasteiger partial charge is 0.268 e. The number of carbonyl (C=O) groups is 2. The van der Waals surface area contributed by atoms with E-state index in [2.05, 4.69) is 5.32 Å². The highest BCUT2D eigenvalue weighted by Gasteiger charge is 2.32. The monoisotopic (exact) mass is 374 g/mol. The standard InChI is InChI=1S/C19H19ClN2O4/c1-3-25-15-7-5-14(6-8-15)21-18(23)11-22-16-10-13(20)4-9-17(16)26-12(2)19(22)24/h4-10,12H,3,11H2,1-2H3,(H,21,23). The van der Waals surface area contributed by atoms with E-state index in [9.17, 15) is 9.59 Å². The van der Waals surface area contributed by atoms with Gasteiger partial charge in [-0.25, -0.2) is 0 Å². The second-order valence-electron chi connectivity index (χ2n) is 5.80. The van der Waals surface area contributed by atoms with Gasteiger partial charge in [0.15, 0.2) is 6.10 Å². The number of fused-ring (bicyclic) bond motifs is 1. The minimum atomic E-state index is -0.665. The molecule has 136 valence electrons. The van der Waals surface area contributed by atoms with Crippen LogP contribution in [0.2, 0.25) is 5.02 Å². The Morgan fingerprint density at radius 2 is 2.00 bits per heavy atom. The van der Waals surface area contributed by atoms with Gasteiger partial charge in [-0.1, -0.05) is 11.6 Å². The van der Waals surface area contributed by atoms with Gasteiger partial charge in [-0.3, -0.25) is 14.5 Å².